The minimum atomic E-state index is -3.02. The standard InChI is InChI=1S/C18H19N5O3S/c1-12-20-16(18(24)22-14-5-3-13(10-19)4-6-14)9-17(21-12)23(2)15-7-8-27(25,26)11-15/h3-6,9,15H,7-8,11H2,1-2H3,(H,22,24). The molecule has 1 atom stereocenters. The van der Waals surface area contributed by atoms with Crippen LogP contribution in [0.5, 0.6) is 0 Å². The van der Waals surface area contributed by atoms with E-state index < -0.39 is 15.7 Å². The number of amides is 1. The number of nitrogens with zero attached hydrogens (tertiary/aromatic N) is 4. The second-order valence-electron chi connectivity index (χ2n) is 6.47. The molecule has 9 heteroatoms. The maximum atomic E-state index is 12.5. The summed E-state index contributed by atoms with van der Waals surface area (Å²) in [6, 6.07) is 9.91. The van der Waals surface area contributed by atoms with Crippen molar-refractivity contribution in [1.82, 2.24) is 9.97 Å². The fourth-order valence-corrected chi connectivity index (χ4v) is 4.71. The zero-order valence-corrected chi connectivity index (χ0v) is 15.8. The lowest BCUT2D eigenvalue weighted by Crippen LogP contribution is -2.33. The van der Waals surface area contributed by atoms with E-state index in [0.29, 0.717) is 29.3 Å². The molecule has 1 aliphatic rings. The molecular formula is C18H19N5O3S. The SMILES string of the molecule is Cc1nc(C(=O)Nc2ccc(C#N)cc2)cc(N(C)C2CCS(=O)(=O)C2)n1. The van der Waals surface area contributed by atoms with E-state index in [1.807, 2.05) is 6.07 Å². The van der Waals surface area contributed by atoms with Crippen LogP contribution >= 0.6 is 0 Å². The van der Waals surface area contributed by atoms with E-state index in [1.165, 1.54) is 0 Å². The van der Waals surface area contributed by atoms with Crippen LogP contribution in [-0.2, 0) is 9.84 Å². The number of aryl methyl sites for hydroxylation is 1. The molecular weight excluding hydrogens is 366 g/mol. The first-order valence-corrected chi connectivity index (χ1v) is 10.2. The van der Waals surface area contributed by atoms with Crippen molar-refractivity contribution >= 4 is 27.2 Å². The van der Waals surface area contributed by atoms with Crippen molar-refractivity contribution in [3.8, 4) is 6.07 Å². The zero-order valence-electron chi connectivity index (χ0n) is 15.0. The molecule has 1 aromatic carbocycles. The third-order valence-corrected chi connectivity index (χ3v) is 6.20. The van der Waals surface area contributed by atoms with Gasteiger partial charge in [-0.25, -0.2) is 18.4 Å². The molecule has 1 saturated heterocycles. The number of sulfone groups is 1. The molecule has 8 nitrogen and oxygen atoms in total. The Bertz CT molecular complexity index is 1010. The Labute approximate surface area is 157 Å². The molecule has 1 amide bonds. The number of anilines is 2. The first-order valence-electron chi connectivity index (χ1n) is 8.38. The summed E-state index contributed by atoms with van der Waals surface area (Å²) < 4.78 is 23.4. The van der Waals surface area contributed by atoms with Gasteiger partial charge in [0.1, 0.15) is 17.3 Å². The molecule has 0 bridgehead atoms. The first-order chi connectivity index (χ1) is 12.8. The van der Waals surface area contributed by atoms with Gasteiger partial charge in [0.25, 0.3) is 5.91 Å². The van der Waals surface area contributed by atoms with E-state index in [1.54, 1.807) is 49.2 Å². The van der Waals surface area contributed by atoms with Gasteiger partial charge in [0, 0.05) is 24.8 Å². The topological polar surface area (TPSA) is 116 Å². The monoisotopic (exact) mass is 385 g/mol. The van der Waals surface area contributed by atoms with Crippen LogP contribution in [-0.4, -0.2) is 48.9 Å². The number of carbonyl (C=O) groups is 1. The van der Waals surface area contributed by atoms with E-state index in [0.717, 1.165) is 0 Å². The molecule has 140 valence electrons. The van der Waals surface area contributed by atoms with Crippen LogP contribution in [0.25, 0.3) is 0 Å². The van der Waals surface area contributed by atoms with E-state index in [9.17, 15) is 13.2 Å². The van der Waals surface area contributed by atoms with Crippen molar-refractivity contribution in [3.63, 3.8) is 0 Å². The third kappa shape index (κ3) is 4.41. The summed E-state index contributed by atoms with van der Waals surface area (Å²) >= 11 is 0. The van der Waals surface area contributed by atoms with Gasteiger partial charge in [-0.1, -0.05) is 0 Å². The van der Waals surface area contributed by atoms with Crippen LogP contribution in [0, 0.1) is 18.3 Å². The van der Waals surface area contributed by atoms with Crippen molar-refractivity contribution in [2.45, 2.75) is 19.4 Å². The number of carbonyl (C=O) groups excluding carboxylic acids is 1. The highest BCUT2D eigenvalue weighted by Crippen LogP contribution is 2.22. The second kappa shape index (κ2) is 7.32. The number of hydrogen-bond donors (Lipinski definition) is 1. The normalized spacial score (nSPS) is 17.9. The van der Waals surface area contributed by atoms with Gasteiger partial charge < -0.3 is 10.2 Å². The summed E-state index contributed by atoms with van der Waals surface area (Å²) in [5, 5.41) is 11.6. The number of aromatic nitrogens is 2. The maximum absolute atomic E-state index is 12.5. The van der Waals surface area contributed by atoms with Gasteiger partial charge in [-0.3, -0.25) is 4.79 Å². The molecule has 0 spiro atoms. The van der Waals surface area contributed by atoms with Gasteiger partial charge in [0.2, 0.25) is 0 Å². The summed E-state index contributed by atoms with van der Waals surface area (Å²) in [5.41, 5.74) is 1.24. The molecule has 1 aliphatic heterocycles. The number of benzene rings is 1. The average molecular weight is 385 g/mol. The lowest BCUT2D eigenvalue weighted by Gasteiger charge is -2.25. The van der Waals surface area contributed by atoms with Gasteiger partial charge in [-0.15, -0.1) is 0 Å². The Kier molecular flexibility index (Phi) is 5.10. The number of rotatable bonds is 4. The lowest BCUT2D eigenvalue weighted by atomic mass is 10.2. The Morgan fingerprint density at radius 2 is 2.00 bits per heavy atom. The smallest absolute Gasteiger partial charge is 0.274 e. The van der Waals surface area contributed by atoms with Crippen molar-refractivity contribution in [2.24, 2.45) is 0 Å². The molecule has 0 aliphatic carbocycles. The minimum Gasteiger partial charge on any atom is -0.356 e. The molecule has 0 saturated carbocycles. The first kappa shape index (κ1) is 18.8. The fraction of sp³-hybridized carbons (Fsp3) is 0.333. The van der Waals surface area contributed by atoms with E-state index in [4.69, 9.17) is 5.26 Å². The van der Waals surface area contributed by atoms with E-state index in [-0.39, 0.29) is 23.2 Å². The van der Waals surface area contributed by atoms with E-state index >= 15 is 0 Å². The molecule has 1 N–H and O–H groups in total. The Morgan fingerprint density at radius 1 is 1.30 bits per heavy atom. The fourth-order valence-electron chi connectivity index (χ4n) is 2.94. The van der Waals surface area contributed by atoms with Crippen LogP contribution in [0.3, 0.4) is 0 Å². The Morgan fingerprint density at radius 3 is 2.59 bits per heavy atom. The van der Waals surface area contributed by atoms with E-state index in [2.05, 4.69) is 15.3 Å². The highest BCUT2D eigenvalue weighted by molar-refractivity contribution is 7.91. The molecule has 1 fully saturated rings. The van der Waals surface area contributed by atoms with Crippen molar-refractivity contribution in [2.75, 3.05) is 28.8 Å². The van der Waals surface area contributed by atoms with Crippen molar-refractivity contribution in [3.05, 3.63) is 47.4 Å². The predicted molar refractivity (Wildman–Crippen MR) is 101 cm³/mol. The summed E-state index contributed by atoms with van der Waals surface area (Å²) in [7, 11) is -1.25. The van der Waals surface area contributed by atoms with Crippen molar-refractivity contribution < 1.29 is 13.2 Å². The van der Waals surface area contributed by atoms with Gasteiger partial charge in [0.15, 0.2) is 9.84 Å². The Hall–Kier alpha value is -2.99. The quantitative estimate of drug-likeness (QED) is 0.848. The van der Waals surface area contributed by atoms with Crippen LogP contribution in [0.2, 0.25) is 0 Å². The highest BCUT2D eigenvalue weighted by atomic mass is 32.2. The largest absolute Gasteiger partial charge is 0.356 e. The van der Waals surface area contributed by atoms with Gasteiger partial charge in [-0.05, 0) is 37.6 Å². The van der Waals surface area contributed by atoms with Crippen LogP contribution < -0.4 is 10.2 Å². The summed E-state index contributed by atoms with van der Waals surface area (Å²) in [6.07, 6.45) is 0.536. The Balaban J connectivity index is 1.80. The molecule has 3 rings (SSSR count). The summed E-state index contributed by atoms with van der Waals surface area (Å²) in [4.78, 5) is 22.9. The highest BCUT2D eigenvalue weighted by Gasteiger charge is 2.31. The summed E-state index contributed by atoms with van der Waals surface area (Å²) in [6.45, 7) is 1.68. The molecule has 2 heterocycles. The van der Waals surface area contributed by atoms with Gasteiger partial charge >= 0.3 is 0 Å². The van der Waals surface area contributed by atoms with Crippen LogP contribution in [0.4, 0.5) is 11.5 Å². The molecule has 1 unspecified atom stereocenters. The number of hydrogen-bond acceptors (Lipinski definition) is 7. The second-order valence-corrected chi connectivity index (χ2v) is 8.70. The zero-order chi connectivity index (χ0) is 19.6. The molecule has 1 aromatic heterocycles. The minimum absolute atomic E-state index is 0.0827. The predicted octanol–water partition coefficient (Wildman–Crippen LogP) is 1.53. The molecule has 2 aromatic rings. The number of nitriles is 1. The third-order valence-electron chi connectivity index (χ3n) is 4.45. The summed E-state index contributed by atoms with van der Waals surface area (Å²) in [5.74, 6) is 0.774. The van der Waals surface area contributed by atoms with Crippen molar-refractivity contribution in [1.29, 1.82) is 5.26 Å². The molecule has 27 heavy (non-hydrogen) atoms. The van der Waals surface area contributed by atoms with Gasteiger partial charge in [-0.2, -0.15) is 5.26 Å². The van der Waals surface area contributed by atoms with Gasteiger partial charge in [0.05, 0.1) is 23.1 Å². The average Bonchev–Trinajstić information content (AvgIpc) is 3.01. The van der Waals surface area contributed by atoms with Crippen LogP contribution in [0.1, 0.15) is 28.3 Å². The lowest BCUT2D eigenvalue weighted by molar-refractivity contribution is 0.102. The van der Waals surface area contributed by atoms with Crippen LogP contribution in [0.15, 0.2) is 30.3 Å². The number of nitrogens with one attached hydrogen (secondary N) is 1. The molecule has 0 radical (unpaired) electrons. The maximum Gasteiger partial charge on any atom is 0.274 e.